The highest BCUT2D eigenvalue weighted by Crippen LogP contribution is 2.35. The molecule has 0 aliphatic carbocycles. The van der Waals surface area contributed by atoms with Crippen molar-refractivity contribution in [1.82, 2.24) is 0 Å². The molecule has 4 heteroatoms. The molecule has 0 aliphatic heterocycles. The normalized spacial score (nSPS) is 12.4. The van der Waals surface area contributed by atoms with E-state index in [9.17, 15) is 0 Å². The van der Waals surface area contributed by atoms with Gasteiger partial charge in [-0.25, -0.2) is 0 Å². The topological polar surface area (TPSA) is 0 Å². The van der Waals surface area contributed by atoms with Crippen molar-refractivity contribution in [2.75, 3.05) is 6.26 Å². The number of rotatable bonds is 3. The first-order valence-corrected chi connectivity index (χ1v) is 7.76. The Labute approximate surface area is 126 Å². The van der Waals surface area contributed by atoms with E-state index in [-0.39, 0.29) is 5.38 Å². The van der Waals surface area contributed by atoms with Crippen molar-refractivity contribution < 1.29 is 0 Å². The Kier molecular flexibility index (Phi) is 4.85. The van der Waals surface area contributed by atoms with Gasteiger partial charge in [0.25, 0.3) is 0 Å². The number of thioether (sulfide) groups is 1. The molecule has 2 rings (SSSR count). The standard InChI is InChI=1S/C14H11Cl3S/c1-18-11-5-2-9(3-6-11)14(17)12-8-10(15)4-7-13(12)16/h2-8,14H,1H3. The highest BCUT2D eigenvalue weighted by atomic mass is 35.5. The summed E-state index contributed by atoms with van der Waals surface area (Å²) in [6.07, 6.45) is 2.04. The van der Waals surface area contributed by atoms with E-state index in [1.54, 1.807) is 23.9 Å². The molecule has 0 fully saturated rings. The minimum atomic E-state index is -0.285. The molecular formula is C14H11Cl3S. The van der Waals surface area contributed by atoms with Gasteiger partial charge in [0.15, 0.2) is 0 Å². The van der Waals surface area contributed by atoms with E-state index in [0.717, 1.165) is 11.1 Å². The van der Waals surface area contributed by atoms with Crippen molar-refractivity contribution in [2.24, 2.45) is 0 Å². The monoisotopic (exact) mass is 316 g/mol. The second-order valence-electron chi connectivity index (χ2n) is 3.80. The third kappa shape index (κ3) is 3.16. The second-order valence-corrected chi connectivity index (χ2v) is 5.96. The fourth-order valence-electron chi connectivity index (χ4n) is 1.66. The lowest BCUT2D eigenvalue weighted by Crippen LogP contribution is -1.94. The van der Waals surface area contributed by atoms with E-state index in [4.69, 9.17) is 34.8 Å². The van der Waals surface area contributed by atoms with Crippen molar-refractivity contribution >= 4 is 46.6 Å². The lowest BCUT2D eigenvalue weighted by atomic mass is 10.0. The van der Waals surface area contributed by atoms with E-state index in [1.807, 2.05) is 36.6 Å². The molecule has 0 amide bonds. The zero-order valence-corrected chi connectivity index (χ0v) is 12.7. The summed E-state index contributed by atoms with van der Waals surface area (Å²) in [4.78, 5) is 1.21. The quantitative estimate of drug-likeness (QED) is 0.491. The zero-order valence-electron chi connectivity index (χ0n) is 9.66. The van der Waals surface area contributed by atoms with Gasteiger partial charge >= 0.3 is 0 Å². The maximum atomic E-state index is 6.45. The third-order valence-electron chi connectivity index (χ3n) is 2.64. The number of hydrogen-bond donors (Lipinski definition) is 0. The van der Waals surface area contributed by atoms with Crippen molar-refractivity contribution in [1.29, 1.82) is 0 Å². The minimum Gasteiger partial charge on any atom is -0.130 e. The smallest absolute Gasteiger partial charge is 0.0850 e. The molecule has 2 aromatic carbocycles. The van der Waals surface area contributed by atoms with Crippen LogP contribution >= 0.6 is 46.6 Å². The van der Waals surface area contributed by atoms with Crippen LogP contribution in [0.4, 0.5) is 0 Å². The maximum absolute atomic E-state index is 6.45. The molecule has 1 atom stereocenters. The third-order valence-corrected chi connectivity index (χ3v) is 4.45. The van der Waals surface area contributed by atoms with Gasteiger partial charge < -0.3 is 0 Å². The van der Waals surface area contributed by atoms with Gasteiger partial charge in [0.2, 0.25) is 0 Å². The van der Waals surface area contributed by atoms with Crippen molar-refractivity contribution in [3.63, 3.8) is 0 Å². The van der Waals surface area contributed by atoms with E-state index in [1.165, 1.54) is 4.90 Å². The van der Waals surface area contributed by atoms with Gasteiger partial charge in [-0.05, 0) is 47.7 Å². The van der Waals surface area contributed by atoms with Crippen molar-refractivity contribution in [3.8, 4) is 0 Å². The number of benzene rings is 2. The second kappa shape index (κ2) is 6.21. The van der Waals surface area contributed by atoms with Crippen LogP contribution in [0.5, 0.6) is 0 Å². The lowest BCUT2D eigenvalue weighted by Gasteiger charge is -2.13. The first kappa shape index (κ1) is 14.1. The summed E-state index contributed by atoms with van der Waals surface area (Å²) in [5, 5.41) is 0.987. The van der Waals surface area contributed by atoms with Crippen LogP contribution in [-0.2, 0) is 0 Å². The molecular weight excluding hydrogens is 307 g/mol. The molecule has 0 N–H and O–H groups in total. The van der Waals surface area contributed by atoms with Crippen molar-refractivity contribution in [3.05, 3.63) is 63.6 Å². The molecule has 0 saturated carbocycles. The Balaban J connectivity index is 2.34. The molecule has 0 heterocycles. The summed E-state index contributed by atoms with van der Waals surface area (Å²) in [6, 6.07) is 13.5. The van der Waals surface area contributed by atoms with Gasteiger partial charge in [-0.15, -0.1) is 23.4 Å². The van der Waals surface area contributed by atoms with E-state index in [2.05, 4.69) is 0 Å². The summed E-state index contributed by atoms with van der Waals surface area (Å²) in [5.74, 6) is 0. The largest absolute Gasteiger partial charge is 0.130 e. The van der Waals surface area contributed by atoms with Crippen LogP contribution in [0.2, 0.25) is 10.0 Å². The SMILES string of the molecule is CSc1ccc(C(Cl)c2cc(Cl)ccc2Cl)cc1. The Morgan fingerprint density at radius 2 is 1.67 bits per heavy atom. The van der Waals surface area contributed by atoms with Gasteiger partial charge in [-0.2, -0.15) is 0 Å². The van der Waals surface area contributed by atoms with Crippen LogP contribution in [0.25, 0.3) is 0 Å². The summed E-state index contributed by atoms with van der Waals surface area (Å²) < 4.78 is 0. The van der Waals surface area contributed by atoms with Crippen LogP contribution in [-0.4, -0.2) is 6.26 Å². The maximum Gasteiger partial charge on any atom is 0.0850 e. The Bertz CT molecular complexity index is 537. The highest BCUT2D eigenvalue weighted by Gasteiger charge is 2.14. The van der Waals surface area contributed by atoms with Crippen LogP contribution in [0.15, 0.2) is 47.4 Å². The first-order chi connectivity index (χ1) is 8.61. The molecule has 0 aromatic heterocycles. The van der Waals surface area contributed by atoms with Gasteiger partial charge in [0.05, 0.1) is 5.38 Å². The molecule has 0 spiro atoms. The number of halogens is 3. The number of hydrogen-bond acceptors (Lipinski definition) is 1. The summed E-state index contributed by atoms with van der Waals surface area (Å²) in [6.45, 7) is 0. The summed E-state index contributed by atoms with van der Waals surface area (Å²) >= 11 is 20.3. The predicted molar refractivity (Wildman–Crippen MR) is 82.4 cm³/mol. The van der Waals surface area contributed by atoms with Crippen LogP contribution in [0, 0.1) is 0 Å². The van der Waals surface area contributed by atoms with E-state index >= 15 is 0 Å². The molecule has 2 aromatic rings. The van der Waals surface area contributed by atoms with Gasteiger partial charge in [-0.1, -0.05) is 35.3 Å². The highest BCUT2D eigenvalue weighted by molar-refractivity contribution is 7.98. The fourth-order valence-corrected chi connectivity index (χ4v) is 2.86. The molecule has 0 nitrogen and oxygen atoms in total. The summed E-state index contributed by atoms with van der Waals surface area (Å²) in [7, 11) is 0. The first-order valence-electron chi connectivity index (χ1n) is 5.35. The van der Waals surface area contributed by atoms with Crippen LogP contribution in [0.3, 0.4) is 0 Å². The van der Waals surface area contributed by atoms with Gasteiger partial charge in [0.1, 0.15) is 0 Å². The minimum absolute atomic E-state index is 0.285. The molecule has 0 bridgehead atoms. The average molecular weight is 318 g/mol. The Morgan fingerprint density at radius 3 is 2.28 bits per heavy atom. The van der Waals surface area contributed by atoms with Gasteiger partial charge in [0, 0.05) is 14.9 Å². The molecule has 1 unspecified atom stereocenters. The Hall–Kier alpha value is -0.340. The van der Waals surface area contributed by atoms with E-state index < -0.39 is 0 Å². The van der Waals surface area contributed by atoms with Crippen LogP contribution in [0.1, 0.15) is 16.5 Å². The zero-order chi connectivity index (χ0) is 13.1. The van der Waals surface area contributed by atoms with E-state index in [0.29, 0.717) is 10.0 Å². The molecule has 0 aliphatic rings. The average Bonchev–Trinajstić information content (AvgIpc) is 2.41. The molecule has 18 heavy (non-hydrogen) atoms. The predicted octanol–water partition coefficient (Wildman–Crippen LogP) is 6.04. The molecule has 94 valence electrons. The number of alkyl halides is 1. The van der Waals surface area contributed by atoms with Crippen LogP contribution < -0.4 is 0 Å². The molecule has 0 radical (unpaired) electrons. The summed E-state index contributed by atoms with van der Waals surface area (Å²) in [5.41, 5.74) is 1.85. The lowest BCUT2D eigenvalue weighted by molar-refractivity contribution is 1.13. The van der Waals surface area contributed by atoms with Gasteiger partial charge in [-0.3, -0.25) is 0 Å². The fraction of sp³-hybridized carbons (Fsp3) is 0.143. The Morgan fingerprint density at radius 1 is 1.00 bits per heavy atom. The van der Waals surface area contributed by atoms with Crippen molar-refractivity contribution in [2.45, 2.75) is 10.3 Å². The molecule has 0 saturated heterocycles.